The molecule has 0 aromatic heterocycles. The third-order valence-corrected chi connectivity index (χ3v) is 3.75. The summed E-state index contributed by atoms with van der Waals surface area (Å²) in [5, 5.41) is 9.38. The average molecular weight is 318 g/mol. The van der Waals surface area contributed by atoms with Crippen LogP contribution in [-0.4, -0.2) is 68.5 Å². The van der Waals surface area contributed by atoms with Crippen molar-refractivity contribution in [3.8, 4) is 0 Å². The number of hydrogen-bond donors (Lipinski definition) is 2. The fourth-order valence-electron chi connectivity index (χ4n) is 1.96. The van der Waals surface area contributed by atoms with Gasteiger partial charge < -0.3 is 19.3 Å². The zero-order valence-electron chi connectivity index (χ0n) is 12.2. The number of aliphatic hydroxyl groups is 1. The molecule has 0 aliphatic carbocycles. The van der Waals surface area contributed by atoms with Crippen LogP contribution in [0.2, 0.25) is 0 Å². The summed E-state index contributed by atoms with van der Waals surface area (Å²) in [6.07, 6.45) is 1.41. The number of ether oxygens (including phenoxy) is 1. The van der Waals surface area contributed by atoms with Gasteiger partial charge in [0.1, 0.15) is 0 Å². The van der Waals surface area contributed by atoms with Gasteiger partial charge in [0.25, 0.3) is 0 Å². The minimum atomic E-state index is -4.50. The van der Waals surface area contributed by atoms with Crippen molar-refractivity contribution in [2.45, 2.75) is 25.9 Å². The van der Waals surface area contributed by atoms with Gasteiger partial charge in [-0.25, -0.2) is 13.1 Å². The third kappa shape index (κ3) is 10.5. The summed E-state index contributed by atoms with van der Waals surface area (Å²) in [6, 6.07) is 0. The van der Waals surface area contributed by atoms with Crippen molar-refractivity contribution in [3.63, 3.8) is 0 Å². The van der Waals surface area contributed by atoms with Gasteiger partial charge in [0, 0.05) is 13.1 Å². The van der Waals surface area contributed by atoms with Crippen molar-refractivity contribution in [2.75, 3.05) is 39.4 Å². The molecule has 2 N–H and O–H groups in total. The summed E-state index contributed by atoms with van der Waals surface area (Å²) in [5.41, 5.74) is 0. The summed E-state index contributed by atoms with van der Waals surface area (Å²) >= 11 is 0. The van der Waals surface area contributed by atoms with E-state index in [1.807, 2.05) is 0 Å². The molecule has 0 spiro atoms. The molecule has 0 aromatic rings. The molecule has 1 rings (SSSR count). The third-order valence-electron chi connectivity index (χ3n) is 3.23. The molecule has 0 aromatic carbocycles. The minimum absolute atomic E-state index is 0. The van der Waals surface area contributed by atoms with Crippen LogP contribution in [0.5, 0.6) is 0 Å². The molecule has 1 atom stereocenters. The summed E-state index contributed by atoms with van der Waals surface area (Å²) in [7, 11) is -4.50. The Bertz CT molecular complexity index is 347. The molecule has 1 fully saturated rings. The van der Waals surface area contributed by atoms with Crippen LogP contribution >= 0.6 is 0 Å². The number of rotatable bonds is 8. The van der Waals surface area contributed by atoms with Crippen molar-refractivity contribution < 1.29 is 52.4 Å². The molecule has 0 saturated carbocycles. The van der Waals surface area contributed by atoms with E-state index in [9.17, 15) is 18.1 Å². The Morgan fingerprint density at radius 1 is 1.45 bits per heavy atom. The molecule has 0 bridgehead atoms. The molecule has 1 heterocycles. The van der Waals surface area contributed by atoms with Crippen LogP contribution in [-0.2, 0) is 15.0 Å². The van der Waals surface area contributed by atoms with Crippen molar-refractivity contribution >= 4 is 10.3 Å². The number of hydrogen-bond acceptors (Lipinski definition) is 6. The molecular weight excluding hydrogens is 295 g/mol. The van der Waals surface area contributed by atoms with Crippen LogP contribution in [0.25, 0.3) is 0 Å². The van der Waals surface area contributed by atoms with E-state index in [4.69, 9.17) is 4.74 Å². The quantitative estimate of drug-likeness (QED) is 0.270. The molecular formula is C11H23N2NaO5S. The SMILES string of the molecule is CC1CCN(CCOCC(O)CNS(=O)(=O)[O-])CC1.[Na+]. The first-order valence-electron chi connectivity index (χ1n) is 6.55. The largest absolute Gasteiger partial charge is 1.00 e. The normalized spacial score (nSPS) is 19.6. The number of likely N-dealkylation sites (tertiary alicyclic amines) is 1. The second-order valence-corrected chi connectivity index (χ2v) is 6.25. The predicted molar refractivity (Wildman–Crippen MR) is 69.4 cm³/mol. The second-order valence-electron chi connectivity index (χ2n) is 5.06. The van der Waals surface area contributed by atoms with Crippen molar-refractivity contribution in [3.05, 3.63) is 0 Å². The maximum Gasteiger partial charge on any atom is 1.00 e. The number of nitrogens with one attached hydrogen (secondary N) is 1. The monoisotopic (exact) mass is 318 g/mol. The molecule has 7 nitrogen and oxygen atoms in total. The standard InChI is InChI=1S/C11H24N2O5S.Na/c1-10-2-4-13(5-3-10)6-7-18-9-11(14)8-12-19(15,16)17;/h10-12,14H,2-9H2,1H3,(H,15,16,17);/q;+1/p-1. The molecule has 20 heavy (non-hydrogen) atoms. The van der Waals surface area contributed by atoms with Gasteiger partial charge in [-0.2, -0.15) is 0 Å². The summed E-state index contributed by atoms with van der Waals surface area (Å²) in [6.45, 7) is 5.41. The Kier molecular flexibility index (Phi) is 10.9. The molecule has 114 valence electrons. The van der Waals surface area contributed by atoms with Gasteiger partial charge >= 0.3 is 29.6 Å². The summed E-state index contributed by atoms with van der Waals surface area (Å²) < 4.78 is 37.8. The van der Waals surface area contributed by atoms with Gasteiger partial charge in [-0.3, -0.25) is 0 Å². The first-order valence-corrected chi connectivity index (χ1v) is 7.96. The Morgan fingerprint density at radius 2 is 2.05 bits per heavy atom. The van der Waals surface area contributed by atoms with Gasteiger partial charge in [-0.15, -0.1) is 0 Å². The smallest absolute Gasteiger partial charge is 0.735 e. The van der Waals surface area contributed by atoms with Crippen molar-refractivity contribution in [1.82, 2.24) is 9.62 Å². The van der Waals surface area contributed by atoms with Crippen LogP contribution in [0.15, 0.2) is 0 Å². The summed E-state index contributed by atoms with van der Waals surface area (Å²) in [5.74, 6) is 0.791. The van der Waals surface area contributed by atoms with E-state index in [2.05, 4.69) is 11.8 Å². The van der Waals surface area contributed by atoms with E-state index in [1.165, 1.54) is 12.8 Å². The first-order chi connectivity index (χ1) is 8.87. The molecule has 1 unspecified atom stereocenters. The van der Waals surface area contributed by atoms with E-state index in [0.717, 1.165) is 25.6 Å². The Morgan fingerprint density at radius 3 is 2.60 bits per heavy atom. The van der Waals surface area contributed by atoms with E-state index in [1.54, 1.807) is 4.72 Å². The maximum absolute atomic E-state index is 10.3. The summed E-state index contributed by atoms with van der Waals surface area (Å²) in [4.78, 5) is 2.31. The van der Waals surface area contributed by atoms with Gasteiger partial charge in [0.2, 0.25) is 0 Å². The van der Waals surface area contributed by atoms with Crippen molar-refractivity contribution in [2.24, 2.45) is 5.92 Å². The molecule has 0 radical (unpaired) electrons. The van der Waals surface area contributed by atoms with Crippen molar-refractivity contribution in [1.29, 1.82) is 0 Å². The molecule has 1 saturated heterocycles. The Hall–Kier alpha value is 0.750. The topological polar surface area (TPSA) is 102 Å². The van der Waals surface area contributed by atoms with Gasteiger partial charge in [-0.05, 0) is 31.8 Å². The Labute approximate surface area is 143 Å². The maximum atomic E-state index is 10.3. The fraction of sp³-hybridized carbons (Fsp3) is 1.00. The number of nitrogens with zero attached hydrogens (tertiary/aromatic N) is 1. The van der Waals surface area contributed by atoms with Gasteiger partial charge in [0.15, 0.2) is 10.3 Å². The second kappa shape index (κ2) is 10.5. The molecule has 1 aliphatic rings. The van der Waals surface area contributed by atoms with E-state index in [-0.39, 0.29) is 42.7 Å². The Balaban J connectivity index is 0.00000361. The first kappa shape index (κ1) is 20.8. The number of piperidine rings is 1. The predicted octanol–water partition coefficient (Wildman–Crippen LogP) is -3.85. The average Bonchev–Trinajstić information content (AvgIpc) is 2.33. The molecule has 0 amide bonds. The minimum Gasteiger partial charge on any atom is -0.735 e. The van der Waals surface area contributed by atoms with Crippen LogP contribution in [0.4, 0.5) is 0 Å². The van der Waals surface area contributed by atoms with Crippen LogP contribution < -0.4 is 34.3 Å². The van der Waals surface area contributed by atoms with E-state index < -0.39 is 16.4 Å². The van der Waals surface area contributed by atoms with E-state index >= 15 is 0 Å². The van der Waals surface area contributed by atoms with Crippen LogP contribution in [0.3, 0.4) is 0 Å². The molecule has 9 heteroatoms. The zero-order chi connectivity index (χ0) is 14.3. The van der Waals surface area contributed by atoms with Crippen LogP contribution in [0.1, 0.15) is 19.8 Å². The zero-order valence-corrected chi connectivity index (χ0v) is 15.1. The van der Waals surface area contributed by atoms with Gasteiger partial charge in [0.05, 0.1) is 19.3 Å². The number of aliphatic hydroxyl groups excluding tert-OH is 1. The molecule has 1 aliphatic heterocycles. The fourth-order valence-corrected chi connectivity index (χ4v) is 2.35. The van der Waals surface area contributed by atoms with Gasteiger partial charge in [-0.1, -0.05) is 6.92 Å². The van der Waals surface area contributed by atoms with E-state index in [0.29, 0.717) is 6.61 Å². The van der Waals surface area contributed by atoms with Crippen LogP contribution in [0, 0.1) is 5.92 Å².